The average molecular weight is 595 g/mol. The van der Waals surface area contributed by atoms with E-state index in [-0.39, 0.29) is 19.1 Å². The number of carbonyl (C=O) groups excluding carboxylic acids is 3. The number of amides is 3. The lowest BCUT2D eigenvalue weighted by Crippen LogP contribution is -2.73. The number of benzene rings is 3. The number of rotatable bonds is 11. The Morgan fingerprint density at radius 2 is 1.60 bits per heavy atom. The fraction of sp³-hybridized carbons (Fsp3) is 0.303. The highest BCUT2D eigenvalue weighted by molar-refractivity contribution is 6.03. The summed E-state index contributed by atoms with van der Waals surface area (Å²) >= 11 is 0. The van der Waals surface area contributed by atoms with Crippen LogP contribution in [0.15, 0.2) is 84.9 Å². The third-order valence-electron chi connectivity index (χ3n) is 7.52. The summed E-state index contributed by atoms with van der Waals surface area (Å²) in [6.45, 7) is 4.08. The Morgan fingerprint density at radius 1 is 0.953 bits per heavy atom. The highest BCUT2D eigenvalue weighted by Crippen LogP contribution is 2.46. The minimum atomic E-state index is -4.39. The highest BCUT2D eigenvalue weighted by atomic mass is 19.4. The number of halogens is 3. The molecule has 4 rings (SSSR count). The van der Waals surface area contributed by atoms with Crippen LogP contribution in [0.5, 0.6) is 5.75 Å². The number of alkyl halides is 3. The second-order valence-corrected chi connectivity index (χ2v) is 10.1. The van der Waals surface area contributed by atoms with Crippen LogP contribution in [0.1, 0.15) is 60.2 Å². The maximum Gasteiger partial charge on any atom is 0.416 e. The summed E-state index contributed by atoms with van der Waals surface area (Å²) in [6, 6.07) is 19.8. The van der Waals surface area contributed by atoms with E-state index < -0.39 is 35.4 Å². The monoisotopic (exact) mass is 594 g/mol. The molecule has 0 aliphatic carbocycles. The van der Waals surface area contributed by atoms with Crippen molar-refractivity contribution in [3.63, 3.8) is 0 Å². The maximum atomic E-state index is 13.1. The van der Waals surface area contributed by atoms with Crippen molar-refractivity contribution < 1.29 is 37.0 Å². The molecule has 1 fully saturated rings. The van der Waals surface area contributed by atoms with E-state index in [2.05, 4.69) is 5.32 Å². The lowest BCUT2D eigenvalue weighted by Gasteiger charge is -2.53. The largest absolute Gasteiger partial charge is 0.469 e. The van der Waals surface area contributed by atoms with E-state index in [4.69, 9.17) is 9.47 Å². The molecule has 1 N–H and O–H groups in total. The van der Waals surface area contributed by atoms with Gasteiger partial charge in [0.1, 0.15) is 17.8 Å². The van der Waals surface area contributed by atoms with Crippen LogP contribution < -0.4 is 10.1 Å². The fourth-order valence-corrected chi connectivity index (χ4v) is 4.85. The Morgan fingerprint density at radius 3 is 2.21 bits per heavy atom. The Kier molecular flexibility index (Phi) is 9.90. The third kappa shape index (κ3) is 7.25. The Bertz CT molecular complexity index is 1430. The molecule has 3 aromatic carbocycles. The Hall–Kier alpha value is -4.60. The van der Waals surface area contributed by atoms with Gasteiger partial charge in [0, 0.05) is 6.54 Å². The van der Waals surface area contributed by atoms with Crippen molar-refractivity contribution in [1.29, 1.82) is 0 Å². The Balaban J connectivity index is 1.33. The number of likely N-dealkylation sites (tertiary alicyclic amines) is 1. The van der Waals surface area contributed by atoms with Gasteiger partial charge >= 0.3 is 18.2 Å². The molecule has 1 aliphatic rings. The van der Waals surface area contributed by atoms with Crippen molar-refractivity contribution in [2.75, 3.05) is 6.54 Å². The van der Waals surface area contributed by atoms with Gasteiger partial charge in [0.15, 0.2) is 6.23 Å². The zero-order valence-electron chi connectivity index (χ0n) is 23.9. The van der Waals surface area contributed by atoms with Crippen LogP contribution >= 0.6 is 0 Å². The number of imide groups is 1. The van der Waals surface area contributed by atoms with Gasteiger partial charge in [-0.1, -0.05) is 68.5 Å². The molecule has 1 aliphatic heterocycles. The molecule has 0 aromatic heterocycles. The molecule has 7 nitrogen and oxygen atoms in total. The van der Waals surface area contributed by atoms with Crippen molar-refractivity contribution in [3.05, 3.63) is 107 Å². The summed E-state index contributed by atoms with van der Waals surface area (Å²) in [4.78, 5) is 39.6. The van der Waals surface area contributed by atoms with Gasteiger partial charge in [-0.15, -0.1) is 0 Å². The molecular formula is C33H33F3N2O5. The zero-order chi connectivity index (χ0) is 31.0. The molecule has 10 heteroatoms. The first-order valence-corrected chi connectivity index (χ1v) is 14.0. The zero-order valence-corrected chi connectivity index (χ0v) is 23.9. The lowest BCUT2D eigenvalue weighted by atomic mass is 9.72. The number of β-lactam (4-membered cyclic amide) rings is 1. The van der Waals surface area contributed by atoms with Crippen LogP contribution in [0.3, 0.4) is 0 Å². The predicted octanol–water partition coefficient (Wildman–Crippen LogP) is 7.23. The molecule has 43 heavy (non-hydrogen) atoms. The Labute approximate surface area is 248 Å². The normalized spacial score (nSPS) is 16.1. The second-order valence-electron chi connectivity index (χ2n) is 10.1. The first-order chi connectivity index (χ1) is 20.6. The van der Waals surface area contributed by atoms with Gasteiger partial charge in [0.05, 0.1) is 11.1 Å². The van der Waals surface area contributed by atoms with E-state index in [1.54, 1.807) is 36.4 Å². The molecule has 1 heterocycles. The van der Waals surface area contributed by atoms with E-state index in [0.717, 1.165) is 22.6 Å². The fourth-order valence-electron chi connectivity index (χ4n) is 4.85. The van der Waals surface area contributed by atoms with Gasteiger partial charge in [0.25, 0.3) is 0 Å². The summed E-state index contributed by atoms with van der Waals surface area (Å²) in [7, 11) is 0. The summed E-state index contributed by atoms with van der Waals surface area (Å²) in [5, 5.41) is 2.71. The van der Waals surface area contributed by atoms with E-state index in [0.29, 0.717) is 36.1 Å². The average Bonchev–Trinajstić information content (AvgIpc) is 3.01. The van der Waals surface area contributed by atoms with Gasteiger partial charge in [-0.2, -0.15) is 13.2 Å². The third-order valence-corrected chi connectivity index (χ3v) is 7.52. The number of carbonyl (C=O) groups is 3. The van der Waals surface area contributed by atoms with E-state index in [1.165, 1.54) is 12.1 Å². The first-order valence-electron chi connectivity index (χ1n) is 14.0. The number of ether oxygens (including phenoxy) is 2. The topological polar surface area (TPSA) is 84.9 Å². The standard InChI is InChI=1S/C33H33F3N2O5/c1-3-32(4-2)29(40)38(31(41)37-21-9-8-10-23-13-17-26(18-14-23)33(34,35)36)30(32)43-27-19-15-25(16-20-27)28(39)42-22-24-11-6-5-7-12-24/h5-8,10-20,30H,3-4,9,21-22H2,1-2H3,(H,37,41)/t30-/m0/s1. The van der Waals surface area contributed by atoms with Crippen molar-refractivity contribution in [3.8, 4) is 5.75 Å². The van der Waals surface area contributed by atoms with Gasteiger partial charge in [-0.05, 0) is 66.8 Å². The smallest absolute Gasteiger partial charge is 0.416 e. The van der Waals surface area contributed by atoms with Gasteiger partial charge in [-0.3, -0.25) is 4.79 Å². The quantitative estimate of drug-likeness (QED) is 0.144. The summed E-state index contributed by atoms with van der Waals surface area (Å²) in [5.41, 5.74) is 0.212. The summed E-state index contributed by atoms with van der Waals surface area (Å²) in [6.07, 6.45) is -0.511. The summed E-state index contributed by atoms with van der Waals surface area (Å²) < 4.78 is 49.7. The van der Waals surface area contributed by atoms with Crippen molar-refractivity contribution in [2.45, 2.75) is 52.1 Å². The molecule has 0 spiro atoms. The molecular weight excluding hydrogens is 561 g/mol. The molecule has 0 radical (unpaired) electrons. The molecule has 226 valence electrons. The molecule has 1 saturated heterocycles. The van der Waals surface area contributed by atoms with Crippen molar-refractivity contribution >= 4 is 24.0 Å². The van der Waals surface area contributed by atoms with Crippen LogP contribution in [0.25, 0.3) is 6.08 Å². The number of hydrogen-bond acceptors (Lipinski definition) is 5. The second kappa shape index (κ2) is 13.6. The van der Waals surface area contributed by atoms with Crippen LogP contribution in [0.2, 0.25) is 0 Å². The van der Waals surface area contributed by atoms with E-state index in [1.807, 2.05) is 44.2 Å². The van der Waals surface area contributed by atoms with E-state index >= 15 is 0 Å². The van der Waals surface area contributed by atoms with Gasteiger partial charge in [0.2, 0.25) is 5.91 Å². The first kappa shape index (κ1) is 31.3. The van der Waals surface area contributed by atoms with Gasteiger partial charge in [-0.25, -0.2) is 14.5 Å². The van der Waals surface area contributed by atoms with Crippen molar-refractivity contribution in [1.82, 2.24) is 10.2 Å². The molecule has 0 saturated carbocycles. The number of esters is 1. The van der Waals surface area contributed by atoms with Crippen molar-refractivity contribution in [2.24, 2.45) is 5.41 Å². The minimum Gasteiger partial charge on any atom is -0.469 e. The lowest BCUT2D eigenvalue weighted by molar-refractivity contribution is -0.190. The highest BCUT2D eigenvalue weighted by Gasteiger charge is 2.62. The number of hydrogen-bond donors (Lipinski definition) is 1. The van der Waals surface area contributed by atoms with Crippen LogP contribution in [-0.2, 0) is 22.3 Å². The van der Waals surface area contributed by atoms with Crippen LogP contribution in [-0.4, -0.2) is 35.6 Å². The number of nitrogens with one attached hydrogen (secondary N) is 1. The van der Waals surface area contributed by atoms with Gasteiger partial charge < -0.3 is 14.8 Å². The molecule has 3 amide bonds. The van der Waals surface area contributed by atoms with Crippen LogP contribution in [0.4, 0.5) is 18.0 Å². The minimum absolute atomic E-state index is 0.145. The molecule has 0 unspecified atom stereocenters. The molecule has 0 bridgehead atoms. The predicted molar refractivity (Wildman–Crippen MR) is 155 cm³/mol. The maximum absolute atomic E-state index is 13.1. The molecule has 3 aromatic rings. The number of urea groups is 1. The summed E-state index contributed by atoms with van der Waals surface area (Å²) in [5.74, 6) is -0.430. The number of nitrogens with zero attached hydrogens (tertiary/aromatic N) is 1. The molecule has 1 atom stereocenters. The SMILES string of the molecule is CCC1(CC)C(=O)N(C(=O)NCCC=Cc2ccc(C(F)(F)F)cc2)[C@H]1Oc1ccc(C(=O)OCc2ccccc2)cc1. The van der Waals surface area contributed by atoms with E-state index in [9.17, 15) is 27.6 Å². The van der Waals surface area contributed by atoms with Crippen LogP contribution in [0, 0.1) is 5.41 Å².